The first-order valence-electron chi connectivity index (χ1n) is 10.3. The third-order valence-electron chi connectivity index (χ3n) is 4.93. The second-order valence-electron chi connectivity index (χ2n) is 7.21. The molecule has 1 aliphatic heterocycles. The van der Waals surface area contributed by atoms with Gasteiger partial charge in [-0.05, 0) is 55.8 Å². The number of anilines is 2. The van der Waals surface area contributed by atoms with Crippen molar-refractivity contribution in [3.05, 3.63) is 42.5 Å². The first-order chi connectivity index (χ1) is 15.3. The van der Waals surface area contributed by atoms with Gasteiger partial charge in [0.1, 0.15) is 16.4 Å². The van der Waals surface area contributed by atoms with E-state index in [1.807, 2.05) is 6.92 Å². The average Bonchev–Trinajstić information content (AvgIpc) is 3.18. The predicted octanol–water partition coefficient (Wildman–Crippen LogP) is 2.85. The number of likely N-dealkylation sites (tertiary alicyclic amines) is 1. The Hall–Kier alpha value is -3.27. The molecule has 2 N–H and O–H groups in total. The normalized spacial score (nSPS) is 13.7. The van der Waals surface area contributed by atoms with Crippen LogP contribution in [-0.4, -0.2) is 51.9 Å². The molecule has 10 heteroatoms. The number of carbonyl (C=O) groups excluding carboxylic acids is 2. The minimum absolute atomic E-state index is 0.0518. The second kappa shape index (κ2) is 10.4. The van der Waals surface area contributed by atoms with E-state index in [1.165, 1.54) is 19.2 Å². The van der Waals surface area contributed by atoms with Crippen LogP contribution in [0.25, 0.3) is 0 Å². The first-order valence-corrected chi connectivity index (χ1v) is 11.8. The van der Waals surface area contributed by atoms with Gasteiger partial charge in [0.25, 0.3) is 10.0 Å². The quantitative estimate of drug-likeness (QED) is 0.562. The van der Waals surface area contributed by atoms with E-state index in [0.29, 0.717) is 43.2 Å². The van der Waals surface area contributed by atoms with E-state index in [4.69, 9.17) is 9.47 Å². The molecule has 1 fully saturated rings. The van der Waals surface area contributed by atoms with Crippen molar-refractivity contribution in [2.75, 3.05) is 36.8 Å². The third kappa shape index (κ3) is 5.91. The Balaban J connectivity index is 1.71. The summed E-state index contributed by atoms with van der Waals surface area (Å²) >= 11 is 0. The second-order valence-corrected chi connectivity index (χ2v) is 8.86. The number of nitrogens with zero attached hydrogens (tertiary/aromatic N) is 1. The molecule has 0 atom stereocenters. The van der Waals surface area contributed by atoms with Crippen molar-refractivity contribution in [2.45, 2.75) is 31.1 Å². The molecule has 0 saturated carbocycles. The van der Waals surface area contributed by atoms with Gasteiger partial charge in [-0.3, -0.25) is 14.3 Å². The average molecular weight is 462 g/mol. The number of methoxy groups -OCH3 is 1. The zero-order valence-corrected chi connectivity index (χ0v) is 18.9. The molecule has 172 valence electrons. The van der Waals surface area contributed by atoms with Crippen molar-refractivity contribution in [1.82, 2.24) is 4.90 Å². The van der Waals surface area contributed by atoms with E-state index in [9.17, 15) is 18.0 Å². The summed E-state index contributed by atoms with van der Waals surface area (Å²) in [5.41, 5.74) is 0.677. The van der Waals surface area contributed by atoms with E-state index >= 15 is 0 Å². The van der Waals surface area contributed by atoms with Crippen LogP contribution >= 0.6 is 0 Å². The maximum atomic E-state index is 13.0. The molecule has 0 bridgehead atoms. The molecule has 1 heterocycles. The number of hydrogen-bond acceptors (Lipinski definition) is 6. The Morgan fingerprint density at radius 2 is 1.84 bits per heavy atom. The van der Waals surface area contributed by atoms with Crippen LogP contribution in [0.1, 0.15) is 26.2 Å². The molecule has 9 nitrogen and oxygen atoms in total. The summed E-state index contributed by atoms with van der Waals surface area (Å²) < 4.78 is 39.1. The number of ether oxygens (including phenoxy) is 2. The molecule has 0 unspecified atom stereocenters. The fraction of sp³-hybridized carbons (Fsp3) is 0.364. The zero-order valence-electron chi connectivity index (χ0n) is 18.1. The standard InChI is InChI=1S/C22H27N3O6S/c1-3-31-18-9-6-16(7-10-18)24-32(28,29)20-15-17(8-11-19(20)30-2)23-21(26)12-14-25-13-4-5-22(25)27/h6-11,15,24H,3-5,12-14H2,1-2H3,(H,23,26). The summed E-state index contributed by atoms with van der Waals surface area (Å²) in [5.74, 6) is 0.520. The van der Waals surface area contributed by atoms with Crippen molar-refractivity contribution in [1.29, 1.82) is 0 Å². The van der Waals surface area contributed by atoms with E-state index < -0.39 is 10.0 Å². The smallest absolute Gasteiger partial charge is 0.265 e. The number of carbonyl (C=O) groups is 2. The number of nitrogens with one attached hydrogen (secondary N) is 2. The Morgan fingerprint density at radius 1 is 1.12 bits per heavy atom. The minimum atomic E-state index is -3.99. The van der Waals surface area contributed by atoms with Gasteiger partial charge in [0.05, 0.1) is 13.7 Å². The van der Waals surface area contributed by atoms with Crippen LogP contribution in [0.5, 0.6) is 11.5 Å². The highest BCUT2D eigenvalue weighted by molar-refractivity contribution is 7.92. The van der Waals surface area contributed by atoms with Crippen LogP contribution in [0.2, 0.25) is 0 Å². The number of amides is 2. The molecule has 1 saturated heterocycles. The van der Waals surface area contributed by atoms with Gasteiger partial charge < -0.3 is 19.7 Å². The van der Waals surface area contributed by atoms with Crippen molar-refractivity contribution >= 4 is 33.2 Å². The largest absolute Gasteiger partial charge is 0.495 e. The fourth-order valence-electron chi connectivity index (χ4n) is 3.36. The molecule has 0 radical (unpaired) electrons. The molecule has 2 amide bonds. The molecule has 0 aromatic heterocycles. The van der Waals surface area contributed by atoms with E-state index in [1.54, 1.807) is 35.2 Å². The molecule has 1 aliphatic rings. The van der Waals surface area contributed by atoms with Gasteiger partial charge in [0.15, 0.2) is 0 Å². The van der Waals surface area contributed by atoms with Gasteiger partial charge in [-0.15, -0.1) is 0 Å². The van der Waals surface area contributed by atoms with Crippen LogP contribution in [-0.2, 0) is 19.6 Å². The maximum absolute atomic E-state index is 13.0. The lowest BCUT2D eigenvalue weighted by Gasteiger charge is -2.16. The molecule has 0 aliphatic carbocycles. The monoisotopic (exact) mass is 461 g/mol. The SMILES string of the molecule is CCOc1ccc(NS(=O)(=O)c2cc(NC(=O)CCN3CCCC3=O)ccc2OC)cc1. The van der Waals surface area contributed by atoms with Gasteiger partial charge in [-0.1, -0.05) is 0 Å². The van der Waals surface area contributed by atoms with Crippen LogP contribution < -0.4 is 19.5 Å². The van der Waals surface area contributed by atoms with E-state index in [-0.39, 0.29) is 28.9 Å². The molecule has 3 rings (SSSR count). The fourth-order valence-corrected chi connectivity index (χ4v) is 4.62. The Morgan fingerprint density at radius 3 is 2.47 bits per heavy atom. The molecule has 2 aromatic carbocycles. The van der Waals surface area contributed by atoms with Crippen molar-refractivity contribution in [3.63, 3.8) is 0 Å². The Kier molecular flexibility index (Phi) is 7.57. The lowest BCUT2D eigenvalue weighted by atomic mass is 10.3. The highest BCUT2D eigenvalue weighted by Gasteiger charge is 2.22. The van der Waals surface area contributed by atoms with Gasteiger partial charge in [0.2, 0.25) is 11.8 Å². The van der Waals surface area contributed by atoms with Gasteiger partial charge in [0, 0.05) is 37.3 Å². The Bertz CT molecular complexity index is 1070. The van der Waals surface area contributed by atoms with Crippen LogP contribution in [0.4, 0.5) is 11.4 Å². The summed E-state index contributed by atoms with van der Waals surface area (Å²) in [5, 5.41) is 2.69. The topological polar surface area (TPSA) is 114 Å². The molecular formula is C22H27N3O6S. The zero-order chi connectivity index (χ0) is 23.1. The summed E-state index contributed by atoms with van der Waals surface area (Å²) in [7, 11) is -2.62. The van der Waals surface area contributed by atoms with Crippen molar-refractivity contribution in [2.24, 2.45) is 0 Å². The predicted molar refractivity (Wildman–Crippen MR) is 120 cm³/mol. The maximum Gasteiger partial charge on any atom is 0.265 e. The van der Waals surface area contributed by atoms with Crippen LogP contribution in [0.15, 0.2) is 47.4 Å². The van der Waals surface area contributed by atoms with Gasteiger partial charge in [-0.2, -0.15) is 0 Å². The third-order valence-corrected chi connectivity index (χ3v) is 6.34. The number of hydrogen-bond donors (Lipinski definition) is 2. The van der Waals surface area contributed by atoms with E-state index in [2.05, 4.69) is 10.0 Å². The van der Waals surface area contributed by atoms with Crippen LogP contribution in [0.3, 0.4) is 0 Å². The number of rotatable bonds is 10. The van der Waals surface area contributed by atoms with E-state index in [0.717, 1.165) is 6.42 Å². The highest BCUT2D eigenvalue weighted by atomic mass is 32.2. The summed E-state index contributed by atoms with van der Waals surface area (Å²) in [6.45, 7) is 3.37. The molecular weight excluding hydrogens is 434 g/mol. The molecule has 0 spiro atoms. The van der Waals surface area contributed by atoms with Crippen molar-refractivity contribution in [3.8, 4) is 11.5 Å². The summed E-state index contributed by atoms with van der Waals surface area (Å²) in [6, 6.07) is 10.9. The van der Waals surface area contributed by atoms with Gasteiger partial charge >= 0.3 is 0 Å². The lowest BCUT2D eigenvalue weighted by molar-refractivity contribution is -0.128. The first kappa shape index (κ1) is 23.4. The number of benzene rings is 2. The molecule has 32 heavy (non-hydrogen) atoms. The Labute approximate surface area is 187 Å². The summed E-state index contributed by atoms with van der Waals surface area (Å²) in [6.07, 6.45) is 1.45. The highest BCUT2D eigenvalue weighted by Crippen LogP contribution is 2.29. The minimum Gasteiger partial charge on any atom is -0.495 e. The summed E-state index contributed by atoms with van der Waals surface area (Å²) in [4.78, 5) is 25.5. The van der Waals surface area contributed by atoms with Gasteiger partial charge in [-0.25, -0.2) is 8.42 Å². The lowest BCUT2D eigenvalue weighted by Crippen LogP contribution is -2.28. The van der Waals surface area contributed by atoms with Crippen molar-refractivity contribution < 1.29 is 27.5 Å². The molecule has 2 aromatic rings. The number of sulfonamides is 1. The van der Waals surface area contributed by atoms with Crippen LogP contribution in [0, 0.1) is 0 Å².